The van der Waals surface area contributed by atoms with Gasteiger partial charge in [-0.3, -0.25) is 2.78 Å². The molecule has 4 heteroatoms. The van der Waals surface area contributed by atoms with Crippen LogP contribution in [0, 0.1) is 22.7 Å². The van der Waals surface area contributed by atoms with Gasteiger partial charge in [-0.15, -0.1) is 0 Å². The maximum atomic E-state index is 8.97. The summed E-state index contributed by atoms with van der Waals surface area (Å²) in [6.45, 7) is 0. The number of hydrogen-bond acceptors (Lipinski definition) is 2. The van der Waals surface area contributed by atoms with Crippen LogP contribution in [0.3, 0.4) is 0 Å². The van der Waals surface area contributed by atoms with E-state index in [1.807, 2.05) is 39.2 Å². The van der Waals surface area contributed by atoms with Crippen molar-refractivity contribution >= 4 is 44.7 Å². The smallest absolute Gasteiger partial charge is 0.0991 e. The lowest BCUT2D eigenvalue weighted by Gasteiger charge is -1.94. The third-order valence-corrected chi connectivity index (χ3v) is 4.00. The van der Waals surface area contributed by atoms with Gasteiger partial charge in [-0.1, -0.05) is 0 Å². The quantitative estimate of drug-likeness (QED) is 0.584. The predicted octanol–water partition coefficient (Wildman–Crippen LogP) is 3.74. The van der Waals surface area contributed by atoms with E-state index in [9.17, 15) is 0 Å². The summed E-state index contributed by atoms with van der Waals surface area (Å²) < 4.78 is 2.05. The van der Waals surface area contributed by atoms with Crippen LogP contribution in [0.25, 0.3) is 21.8 Å². The van der Waals surface area contributed by atoms with E-state index >= 15 is 0 Å². The molecule has 0 bridgehead atoms. The zero-order valence-corrected chi connectivity index (χ0v) is 11.3. The Morgan fingerprint density at radius 3 is 1.67 bits per heavy atom. The molecule has 0 amide bonds. The fraction of sp³-hybridized carbons (Fsp3) is 0. The van der Waals surface area contributed by atoms with Crippen molar-refractivity contribution in [1.82, 2.24) is 2.78 Å². The van der Waals surface area contributed by atoms with Gasteiger partial charge < -0.3 is 0 Å². The lowest BCUT2D eigenvalue weighted by molar-refractivity contribution is 1.47. The monoisotopic (exact) mass is 343 g/mol. The van der Waals surface area contributed by atoms with E-state index in [0.29, 0.717) is 11.1 Å². The fourth-order valence-corrected chi connectivity index (χ4v) is 2.96. The van der Waals surface area contributed by atoms with Crippen LogP contribution in [0.2, 0.25) is 0 Å². The van der Waals surface area contributed by atoms with E-state index in [2.05, 4.69) is 35.0 Å². The Hall–Kier alpha value is -2.05. The molecule has 3 aromatic rings. The minimum absolute atomic E-state index is 0.633. The van der Waals surface area contributed by atoms with Crippen LogP contribution < -0.4 is 0 Å². The topological polar surface area (TPSA) is 52.5 Å². The lowest BCUT2D eigenvalue weighted by atomic mass is 10.1. The summed E-state index contributed by atoms with van der Waals surface area (Å²) in [5.74, 6) is 0. The SMILES string of the molecule is N#Cc1ccc2c(c1)c1cc(C#N)ccc1n2I. The van der Waals surface area contributed by atoms with Crippen molar-refractivity contribution in [2.24, 2.45) is 0 Å². The highest BCUT2D eigenvalue weighted by Gasteiger charge is 2.10. The molecule has 1 heterocycles. The van der Waals surface area contributed by atoms with Crippen LogP contribution in [0.1, 0.15) is 11.1 Å². The summed E-state index contributed by atoms with van der Waals surface area (Å²) in [5.41, 5.74) is 3.38. The van der Waals surface area contributed by atoms with Crippen LogP contribution in [0.15, 0.2) is 36.4 Å². The molecular formula is C14H6IN3. The van der Waals surface area contributed by atoms with Crippen molar-refractivity contribution in [3.8, 4) is 12.1 Å². The molecule has 3 nitrogen and oxygen atoms in total. The van der Waals surface area contributed by atoms with Crippen molar-refractivity contribution < 1.29 is 0 Å². The Kier molecular flexibility index (Phi) is 2.46. The van der Waals surface area contributed by atoms with Crippen LogP contribution in [0.4, 0.5) is 0 Å². The zero-order valence-electron chi connectivity index (χ0n) is 9.18. The third-order valence-electron chi connectivity index (χ3n) is 2.96. The Bertz CT molecular complexity index is 791. The average Bonchev–Trinajstić information content (AvgIpc) is 2.71. The Morgan fingerprint density at radius 2 is 1.28 bits per heavy atom. The highest BCUT2D eigenvalue weighted by molar-refractivity contribution is 14.1. The van der Waals surface area contributed by atoms with Gasteiger partial charge in [0.2, 0.25) is 0 Å². The van der Waals surface area contributed by atoms with Crippen molar-refractivity contribution in [2.45, 2.75) is 0 Å². The molecule has 0 atom stereocenters. The van der Waals surface area contributed by atoms with Crippen LogP contribution in [-0.4, -0.2) is 2.78 Å². The largest absolute Gasteiger partial charge is 0.282 e. The first-order valence-electron chi connectivity index (χ1n) is 5.29. The van der Waals surface area contributed by atoms with Gasteiger partial charge in [-0.05, 0) is 36.4 Å². The molecule has 0 aliphatic rings. The molecule has 0 fully saturated rings. The number of rotatable bonds is 0. The number of benzene rings is 2. The first-order chi connectivity index (χ1) is 8.74. The van der Waals surface area contributed by atoms with Gasteiger partial charge in [0.25, 0.3) is 0 Å². The number of nitriles is 2. The Morgan fingerprint density at radius 1 is 0.833 bits per heavy atom. The molecule has 18 heavy (non-hydrogen) atoms. The number of halogens is 1. The van der Waals surface area contributed by atoms with E-state index in [4.69, 9.17) is 10.5 Å². The summed E-state index contributed by atoms with van der Waals surface area (Å²) in [6.07, 6.45) is 0. The van der Waals surface area contributed by atoms with E-state index in [1.54, 1.807) is 0 Å². The van der Waals surface area contributed by atoms with Gasteiger partial charge in [-0.2, -0.15) is 10.5 Å². The highest BCUT2D eigenvalue weighted by Crippen LogP contribution is 2.31. The second-order valence-corrected chi connectivity index (χ2v) is 4.93. The molecule has 84 valence electrons. The Balaban J connectivity index is 2.54. The molecule has 1 aromatic heterocycles. The predicted molar refractivity (Wildman–Crippen MR) is 78.3 cm³/mol. The molecule has 2 aromatic carbocycles. The average molecular weight is 343 g/mol. The van der Waals surface area contributed by atoms with E-state index < -0.39 is 0 Å². The molecule has 0 saturated heterocycles. The van der Waals surface area contributed by atoms with Gasteiger partial charge in [0, 0.05) is 10.8 Å². The molecule has 3 rings (SSSR count). The van der Waals surface area contributed by atoms with Crippen molar-refractivity contribution in [1.29, 1.82) is 10.5 Å². The summed E-state index contributed by atoms with van der Waals surface area (Å²) in [4.78, 5) is 0. The molecule has 0 aliphatic heterocycles. The number of aromatic nitrogens is 1. The van der Waals surface area contributed by atoms with Gasteiger partial charge in [-0.25, -0.2) is 0 Å². The van der Waals surface area contributed by atoms with E-state index in [-0.39, 0.29) is 0 Å². The Labute approximate surface area is 117 Å². The molecule has 0 aliphatic carbocycles. The zero-order chi connectivity index (χ0) is 12.7. The van der Waals surface area contributed by atoms with Gasteiger partial charge in [0.15, 0.2) is 0 Å². The molecule has 0 radical (unpaired) electrons. The van der Waals surface area contributed by atoms with Crippen LogP contribution in [0.5, 0.6) is 0 Å². The van der Waals surface area contributed by atoms with Crippen molar-refractivity contribution in [2.75, 3.05) is 0 Å². The van der Waals surface area contributed by atoms with E-state index in [1.165, 1.54) is 0 Å². The second-order valence-electron chi connectivity index (χ2n) is 3.97. The van der Waals surface area contributed by atoms with Crippen LogP contribution in [-0.2, 0) is 0 Å². The van der Waals surface area contributed by atoms with Gasteiger partial charge in [0.05, 0.1) is 57.2 Å². The maximum Gasteiger partial charge on any atom is 0.0991 e. The standard InChI is InChI=1S/C14H6IN3/c15-18-13-3-1-9(7-16)5-11(13)12-6-10(8-17)2-4-14(12)18/h1-6H. The maximum absolute atomic E-state index is 8.97. The van der Waals surface area contributed by atoms with Crippen LogP contribution >= 0.6 is 22.9 Å². The molecule has 0 N–H and O–H groups in total. The normalized spacial score (nSPS) is 10.4. The second kappa shape index (κ2) is 4.01. The minimum atomic E-state index is 0.633. The van der Waals surface area contributed by atoms with Gasteiger partial charge in [0.1, 0.15) is 0 Å². The molecule has 0 unspecified atom stereocenters. The first-order valence-corrected chi connectivity index (χ1v) is 6.25. The summed E-state index contributed by atoms with van der Waals surface area (Å²) in [5, 5.41) is 20.0. The number of nitrogens with zero attached hydrogens (tertiary/aromatic N) is 3. The molecule has 0 spiro atoms. The minimum Gasteiger partial charge on any atom is -0.282 e. The number of fused-ring (bicyclic) bond motifs is 3. The molecular weight excluding hydrogens is 337 g/mol. The van der Waals surface area contributed by atoms with Crippen molar-refractivity contribution in [3.05, 3.63) is 47.5 Å². The summed E-state index contributed by atoms with van der Waals surface area (Å²) in [6, 6.07) is 15.5. The fourth-order valence-electron chi connectivity index (χ4n) is 2.11. The molecule has 0 saturated carbocycles. The van der Waals surface area contributed by atoms with Crippen molar-refractivity contribution in [3.63, 3.8) is 0 Å². The summed E-state index contributed by atoms with van der Waals surface area (Å²) >= 11 is 2.23. The van der Waals surface area contributed by atoms with E-state index in [0.717, 1.165) is 21.8 Å². The lowest BCUT2D eigenvalue weighted by Crippen LogP contribution is -1.78. The van der Waals surface area contributed by atoms with Gasteiger partial charge >= 0.3 is 0 Å². The number of hydrogen-bond donors (Lipinski definition) is 0. The third kappa shape index (κ3) is 1.47. The highest BCUT2D eigenvalue weighted by atomic mass is 127. The summed E-state index contributed by atoms with van der Waals surface area (Å²) in [7, 11) is 0. The first kappa shape index (κ1) is 11.1.